The molecule has 3 rings (SSSR count). The Morgan fingerprint density at radius 2 is 2.14 bits per heavy atom. The highest BCUT2D eigenvalue weighted by atomic mass is 16.4. The summed E-state index contributed by atoms with van der Waals surface area (Å²) in [5, 5.41) is 9.81. The Morgan fingerprint density at radius 1 is 1.36 bits per heavy atom. The van der Waals surface area contributed by atoms with E-state index in [4.69, 9.17) is 4.42 Å². The lowest BCUT2D eigenvalue weighted by Crippen LogP contribution is -2.39. The molecule has 1 fully saturated rings. The number of aliphatic hydroxyl groups is 1. The van der Waals surface area contributed by atoms with Crippen molar-refractivity contribution < 1.29 is 9.52 Å². The zero-order valence-corrected chi connectivity index (χ0v) is 13.3. The van der Waals surface area contributed by atoms with Gasteiger partial charge in [-0.15, -0.1) is 0 Å². The van der Waals surface area contributed by atoms with E-state index in [2.05, 4.69) is 9.88 Å². The highest BCUT2D eigenvalue weighted by Crippen LogP contribution is 2.25. The Labute approximate surface area is 131 Å². The molecule has 0 spiro atoms. The number of rotatable bonds is 4. The molecule has 2 heterocycles. The van der Waals surface area contributed by atoms with Crippen LogP contribution in [0.15, 0.2) is 34.7 Å². The first-order valence-corrected chi connectivity index (χ1v) is 8.05. The van der Waals surface area contributed by atoms with E-state index in [1.807, 2.05) is 44.2 Å². The molecule has 0 aliphatic carbocycles. The van der Waals surface area contributed by atoms with E-state index < -0.39 is 0 Å². The molecule has 1 saturated heterocycles. The highest BCUT2D eigenvalue weighted by molar-refractivity contribution is 5.53. The Morgan fingerprint density at radius 3 is 2.86 bits per heavy atom. The number of nitrogens with zero attached hydrogens (tertiary/aromatic N) is 2. The third-order valence-corrected chi connectivity index (χ3v) is 4.51. The van der Waals surface area contributed by atoms with Crippen LogP contribution in [0.5, 0.6) is 0 Å². The molecule has 1 aliphatic rings. The van der Waals surface area contributed by atoms with Crippen LogP contribution in [0.3, 0.4) is 0 Å². The lowest BCUT2D eigenvalue weighted by atomic mass is 9.93. The van der Waals surface area contributed by atoms with Crippen LogP contribution in [0.2, 0.25) is 0 Å². The van der Waals surface area contributed by atoms with Crippen LogP contribution in [0.4, 0.5) is 0 Å². The van der Waals surface area contributed by atoms with Crippen LogP contribution in [-0.4, -0.2) is 34.2 Å². The zero-order chi connectivity index (χ0) is 15.5. The first kappa shape index (κ1) is 15.3. The minimum absolute atomic E-state index is 0.235. The van der Waals surface area contributed by atoms with Gasteiger partial charge >= 0.3 is 0 Å². The molecule has 1 aliphatic heterocycles. The third kappa shape index (κ3) is 3.39. The van der Waals surface area contributed by atoms with Gasteiger partial charge in [0, 0.05) is 18.7 Å². The quantitative estimate of drug-likeness (QED) is 0.941. The second-order valence-electron chi connectivity index (χ2n) is 6.27. The van der Waals surface area contributed by atoms with Gasteiger partial charge in [-0.25, -0.2) is 4.98 Å². The maximum atomic E-state index is 9.81. The predicted octanol–water partition coefficient (Wildman–Crippen LogP) is 3.24. The Bertz CT molecular complexity index is 607. The van der Waals surface area contributed by atoms with Gasteiger partial charge in [0.05, 0.1) is 11.8 Å². The van der Waals surface area contributed by atoms with Gasteiger partial charge < -0.3 is 9.52 Å². The molecule has 2 aromatic rings. The number of likely N-dealkylation sites (tertiary alicyclic amines) is 1. The summed E-state index contributed by atoms with van der Waals surface area (Å²) in [5.41, 5.74) is 2.02. The van der Waals surface area contributed by atoms with Gasteiger partial charge in [-0.2, -0.15) is 0 Å². The SMILES string of the molecule is Cc1oc(-c2ccccc2)nc1CN1CCCC(C(C)O)C1. The van der Waals surface area contributed by atoms with Gasteiger partial charge in [0.15, 0.2) is 0 Å². The second kappa shape index (κ2) is 6.63. The molecule has 0 bridgehead atoms. The first-order valence-electron chi connectivity index (χ1n) is 8.05. The van der Waals surface area contributed by atoms with Crippen LogP contribution < -0.4 is 0 Å². The van der Waals surface area contributed by atoms with Crippen LogP contribution in [0, 0.1) is 12.8 Å². The Balaban J connectivity index is 1.72. The predicted molar refractivity (Wildman–Crippen MR) is 86.4 cm³/mol. The summed E-state index contributed by atoms with van der Waals surface area (Å²) < 4.78 is 5.83. The normalized spacial score (nSPS) is 21.0. The van der Waals surface area contributed by atoms with Crippen LogP contribution in [0.25, 0.3) is 11.5 Å². The van der Waals surface area contributed by atoms with E-state index in [0.29, 0.717) is 11.8 Å². The van der Waals surface area contributed by atoms with E-state index in [9.17, 15) is 5.11 Å². The summed E-state index contributed by atoms with van der Waals surface area (Å²) in [6, 6.07) is 10.0. The fourth-order valence-electron chi connectivity index (χ4n) is 3.12. The number of oxazole rings is 1. The minimum atomic E-state index is -0.235. The molecule has 118 valence electrons. The third-order valence-electron chi connectivity index (χ3n) is 4.51. The van der Waals surface area contributed by atoms with Crippen molar-refractivity contribution in [2.45, 2.75) is 39.3 Å². The van der Waals surface area contributed by atoms with Crippen molar-refractivity contribution in [3.05, 3.63) is 41.8 Å². The standard InChI is InChI=1S/C18H24N2O2/c1-13(21)16-9-6-10-20(11-16)12-17-14(2)22-18(19-17)15-7-4-3-5-8-15/h3-5,7-8,13,16,21H,6,9-12H2,1-2H3. The fraction of sp³-hybridized carbons (Fsp3) is 0.500. The van der Waals surface area contributed by atoms with Gasteiger partial charge in [0.1, 0.15) is 5.76 Å². The number of hydrogen-bond acceptors (Lipinski definition) is 4. The monoisotopic (exact) mass is 300 g/mol. The summed E-state index contributed by atoms with van der Waals surface area (Å²) in [6.45, 7) is 6.67. The summed E-state index contributed by atoms with van der Waals surface area (Å²) >= 11 is 0. The van der Waals surface area contributed by atoms with Gasteiger partial charge in [0.2, 0.25) is 5.89 Å². The number of aryl methyl sites for hydroxylation is 1. The van der Waals surface area contributed by atoms with Crippen molar-refractivity contribution in [1.29, 1.82) is 0 Å². The number of aliphatic hydroxyl groups excluding tert-OH is 1. The summed E-state index contributed by atoms with van der Waals surface area (Å²) in [6.07, 6.45) is 2.01. The summed E-state index contributed by atoms with van der Waals surface area (Å²) in [7, 11) is 0. The lowest BCUT2D eigenvalue weighted by molar-refractivity contribution is 0.0593. The zero-order valence-electron chi connectivity index (χ0n) is 13.3. The van der Waals surface area contributed by atoms with Gasteiger partial charge in [-0.05, 0) is 51.3 Å². The second-order valence-corrected chi connectivity index (χ2v) is 6.27. The van der Waals surface area contributed by atoms with Crippen molar-refractivity contribution in [3.8, 4) is 11.5 Å². The van der Waals surface area contributed by atoms with Crippen molar-refractivity contribution in [2.75, 3.05) is 13.1 Å². The Kier molecular flexibility index (Phi) is 4.60. The molecule has 2 atom stereocenters. The number of piperidine rings is 1. The van der Waals surface area contributed by atoms with Gasteiger partial charge in [0.25, 0.3) is 0 Å². The van der Waals surface area contributed by atoms with Crippen LogP contribution in [-0.2, 0) is 6.54 Å². The first-order chi connectivity index (χ1) is 10.6. The fourth-order valence-corrected chi connectivity index (χ4v) is 3.12. The van der Waals surface area contributed by atoms with Crippen molar-refractivity contribution in [3.63, 3.8) is 0 Å². The lowest BCUT2D eigenvalue weighted by Gasteiger charge is -2.33. The van der Waals surface area contributed by atoms with Crippen LogP contribution >= 0.6 is 0 Å². The molecule has 2 unspecified atom stereocenters. The molecule has 0 amide bonds. The summed E-state index contributed by atoms with van der Waals surface area (Å²) in [5.74, 6) is 1.95. The van der Waals surface area contributed by atoms with E-state index >= 15 is 0 Å². The average Bonchev–Trinajstić information content (AvgIpc) is 2.89. The molecule has 1 aromatic heterocycles. The molecule has 4 heteroatoms. The van der Waals surface area contributed by atoms with Gasteiger partial charge in [-0.3, -0.25) is 4.90 Å². The van der Waals surface area contributed by atoms with E-state index in [1.165, 1.54) is 0 Å². The number of aromatic nitrogens is 1. The molecule has 1 aromatic carbocycles. The summed E-state index contributed by atoms with van der Waals surface area (Å²) in [4.78, 5) is 7.05. The minimum Gasteiger partial charge on any atom is -0.441 e. The van der Waals surface area contributed by atoms with E-state index in [-0.39, 0.29) is 6.10 Å². The van der Waals surface area contributed by atoms with Crippen molar-refractivity contribution in [2.24, 2.45) is 5.92 Å². The molecular weight excluding hydrogens is 276 g/mol. The van der Waals surface area contributed by atoms with E-state index in [0.717, 1.165) is 49.5 Å². The van der Waals surface area contributed by atoms with Crippen molar-refractivity contribution >= 4 is 0 Å². The molecular formula is C18H24N2O2. The molecule has 4 nitrogen and oxygen atoms in total. The molecule has 1 N–H and O–H groups in total. The maximum Gasteiger partial charge on any atom is 0.226 e. The van der Waals surface area contributed by atoms with Crippen molar-refractivity contribution in [1.82, 2.24) is 9.88 Å². The Hall–Kier alpha value is -1.65. The average molecular weight is 300 g/mol. The molecule has 22 heavy (non-hydrogen) atoms. The smallest absolute Gasteiger partial charge is 0.226 e. The molecule has 0 radical (unpaired) electrons. The highest BCUT2D eigenvalue weighted by Gasteiger charge is 2.24. The van der Waals surface area contributed by atoms with Gasteiger partial charge in [-0.1, -0.05) is 18.2 Å². The number of benzene rings is 1. The number of hydrogen-bond donors (Lipinski definition) is 1. The molecule has 0 saturated carbocycles. The largest absolute Gasteiger partial charge is 0.441 e. The van der Waals surface area contributed by atoms with E-state index in [1.54, 1.807) is 0 Å². The van der Waals surface area contributed by atoms with Crippen LogP contribution in [0.1, 0.15) is 31.2 Å². The topological polar surface area (TPSA) is 49.5 Å². The maximum absolute atomic E-state index is 9.81.